The van der Waals surface area contributed by atoms with Crippen molar-refractivity contribution in [1.29, 1.82) is 0 Å². The van der Waals surface area contributed by atoms with Crippen LogP contribution in [-0.2, 0) is 13.0 Å². The van der Waals surface area contributed by atoms with Crippen LogP contribution >= 0.6 is 0 Å². The Bertz CT molecular complexity index is 918. The van der Waals surface area contributed by atoms with Gasteiger partial charge in [-0.2, -0.15) is 0 Å². The standard InChI is InChI=1S/C20H26N6O/c1-15-9-10-16(17(13-15)27-3)14-23-20(21-2)22-11-6-8-19-25-24-18-7-4-5-12-26(18)19/h4-5,7,9-10,12-13H,6,8,11,14H2,1-3H3,(H2,21,22,23). The lowest BCUT2D eigenvalue weighted by atomic mass is 10.1. The molecule has 2 heterocycles. The van der Waals surface area contributed by atoms with Gasteiger partial charge < -0.3 is 15.4 Å². The molecule has 0 aliphatic rings. The first-order valence-corrected chi connectivity index (χ1v) is 9.08. The Labute approximate surface area is 159 Å². The van der Waals surface area contributed by atoms with Crippen LogP contribution in [0.3, 0.4) is 0 Å². The molecule has 142 valence electrons. The zero-order valence-electron chi connectivity index (χ0n) is 16.1. The van der Waals surface area contributed by atoms with Crippen molar-refractivity contribution in [2.24, 2.45) is 4.99 Å². The van der Waals surface area contributed by atoms with Crippen LogP contribution in [0.2, 0.25) is 0 Å². The maximum atomic E-state index is 5.45. The molecule has 27 heavy (non-hydrogen) atoms. The summed E-state index contributed by atoms with van der Waals surface area (Å²) in [4.78, 5) is 4.28. The average molecular weight is 366 g/mol. The molecule has 0 aliphatic heterocycles. The van der Waals surface area contributed by atoms with Gasteiger partial charge in [-0.25, -0.2) is 0 Å². The van der Waals surface area contributed by atoms with Crippen LogP contribution in [0.5, 0.6) is 5.75 Å². The summed E-state index contributed by atoms with van der Waals surface area (Å²) in [7, 11) is 3.47. The van der Waals surface area contributed by atoms with E-state index < -0.39 is 0 Å². The molecule has 0 saturated heterocycles. The Balaban J connectivity index is 1.47. The smallest absolute Gasteiger partial charge is 0.191 e. The predicted octanol–water partition coefficient (Wildman–Crippen LogP) is 2.34. The van der Waals surface area contributed by atoms with Crippen LogP contribution in [0.1, 0.15) is 23.4 Å². The molecule has 7 nitrogen and oxygen atoms in total. The van der Waals surface area contributed by atoms with Crippen LogP contribution in [0.15, 0.2) is 47.6 Å². The summed E-state index contributed by atoms with van der Waals surface area (Å²) in [5.74, 6) is 2.63. The van der Waals surface area contributed by atoms with Crippen LogP contribution in [0, 0.1) is 6.92 Å². The summed E-state index contributed by atoms with van der Waals surface area (Å²) in [6.07, 6.45) is 3.78. The van der Waals surface area contributed by atoms with Gasteiger partial charge in [-0.15, -0.1) is 10.2 Å². The molecule has 2 N–H and O–H groups in total. The van der Waals surface area contributed by atoms with Crippen molar-refractivity contribution in [3.8, 4) is 5.75 Å². The van der Waals surface area contributed by atoms with Crippen molar-refractivity contribution < 1.29 is 4.74 Å². The number of benzene rings is 1. The van der Waals surface area contributed by atoms with E-state index in [1.165, 1.54) is 5.56 Å². The van der Waals surface area contributed by atoms with Crippen molar-refractivity contribution in [2.75, 3.05) is 20.7 Å². The Hall–Kier alpha value is -3.09. The summed E-state index contributed by atoms with van der Waals surface area (Å²) in [5.41, 5.74) is 3.16. The van der Waals surface area contributed by atoms with Crippen molar-refractivity contribution in [2.45, 2.75) is 26.3 Å². The fraction of sp³-hybridized carbons (Fsp3) is 0.350. The molecular formula is C20H26N6O. The van der Waals surface area contributed by atoms with E-state index in [-0.39, 0.29) is 0 Å². The van der Waals surface area contributed by atoms with Crippen molar-refractivity contribution in [1.82, 2.24) is 25.2 Å². The quantitative estimate of drug-likeness (QED) is 0.381. The Morgan fingerprint density at radius 3 is 2.89 bits per heavy atom. The molecule has 0 bridgehead atoms. The molecule has 3 rings (SSSR count). The molecule has 0 unspecified atom stereocenters. The molecule has 0 radical (unpaired) electrons. The molecule has 0 fully saturated rings. The van der Waals surface area contributed by atoms with E-state index in [9.17, 15) is 0 Å². The minimum absolute atomic E-state index is 0.651. The van der Waals surface area contributed by atoms with Gasteiger partial charge in [0, 0.05) is 38.3 Å². The first-order chi connectivity index (χ1) is 13.2. The van der Waals surface area contributed by atoms with E-state index in [0.29, 0.717) is 6.54 Å². The van der Waals surface area contributed by atoms with E-state index in [4.69, 9.17) is 4.74 Å². The molecule has 1 aromatic carbocycles. The van der Waals surface area contributed by atoms with Crippen LogP contribution in [-0.4, -0.2) is 41.3 Å². The fourth-order valence-electron chi connectivity index (χ4n) is 2.91. The lowest BCUT2D eigenvalue weighted by Gasteiger charge is -2.14. The van der Waals surface area contributed by atoms with E-state index in [1.807, 2.05) is 34.9 Å². The largest absolute Gasteiger partial charge is 0.496 e. The second kappa shape index (κ2) is 9.02. The van der Waals surface area contributed by atoms with Crippen molar-refractivity contribution >= 4 is 11.6 Å². The van der Waals surface area contributed by atoms with Gasteiger partial charge in [-0.05, 0) is 37.1 Å². The summed E-state index contributed by atoms with van der Waals surface area (Å²) in [6.45, 7) is 3.50. The van der Waals surface area contributed by atoms with E-state index in [0.717, 1.165) is 48.1 Å². The summed E-state index contributed by atoms with van der Waals surface area (Å²) >= 11 is 0. The number of ether oxygens (including phenoxy) is 1. The number of pyridine rings is 1. The monoisotopic (exact) mass is 366 g/mol. The van der Waals surface area contributed by atoms with Gasteiger partial charge in [-0.1, -0.05) is 18.2 Å². The van der Waals surface area contributed by atoms with Crippen LogP contribution < -0.4 is 15.4 Å². The highest BCUT2D eigenvalue weighted by molar-refractivity contribution is 5.79. The molecule has 7 heteroatoms. The molecule has 0 saturated carbocycles. The number of fused-ring (bicyclic) bond motifs is 1. The van der Waals surface area contributed by atoms with E-state index in [1.54, 1.807) is 14.2 Å². The molecule has 0 aliphatic carbocycles. The molecular weight excluding hydrogens is 340 g/mol. The molecule has 2 aromatic heterocycles. The lowest BCUT2D eigenvalue weighted by Crippen LogP contribution is -2.37. The number of nitrogens with zero attached hydrogens (tertiary/aromatic N) is 4. The number of hydrogen-bond donors (Lipinski definition) is 2. The van der Waals surface area contributed by atoms with Crippen LogP contribution in [0.4, 0.5) is 0 Å². The number of nitrogens with one attached hydrogen (secondary N) is 2. The Morgan fingerprint density at radius 1 is 1.19 bits per heavy atom. The average Bonchev–Trinajstić information content (AvgIpc) is 3.11. The van der Waals surface area contributed by atoms with Crippen molar-refractivity contribution in [3.05, 3.63) is 59.5 Å². The van der Waals surface area contributed by atoms with Gasteiger partial charge in [0.25, 0.3) is 0 Å². The van der Waals surface area contributed by atoms with Gasteiger partial charge in [0.1, 0.15) is 11.6 Å². The maximum absolute atomic E-state index is 5.45. The first-order valence-electron chi connectivity index (χ1n) is 9.08. The first kappa shape index (κ1) is 18.7. The topological polar surface area (TPSA) is 75.8 Å². The number of hydrogen-bond acceptors (Lipinski definition) is 4. The molecule has 3 aromatic rings. The molecule has 0 atom stereocenters. The second-order valence-electron chi connectivity index (χ2n) is 6.32. The van der Waals surface area contributed by atoms with E-state index >= 15 is 0 Å². The van der Waals surface area contributed by atoms with Gasteiger partial charge >= 0.3 is 0 Å². The Morgan fingerprint density at radius 2 is 2.07 bits per heavy atom. The molecule has 0 amide bonds. The van der Waals surface area contributed by atoms with Gasteiger partial charge in [-0.3, -0.25) is 9.39 Å². The highest BCUT2D eigenvalue weighted by Crippen LogP contribution is 2.19. The summed E-state index contributed by atoms with van der Waals surface area (Å²) in [5, 5.41) is 15.1. The minimum atomic E-state index is 0.651. The fourth-order valence-corrected chi connectivity index (χ4v) is 2.91. The normalized spacial score (nSPS) is 11.6. The lowest BCUT2D eigenvalue weighted by molar-refractivity contribution is 0.408. The number of methoxy groups -OCH3 is 1. The summed E-state index contributed by atoms with van der Waals surface area (Å²) in [6, 6.07) is 12.1. The van der Waals surface area contributed by atoms with Gasteiger partial charge in [0.05, 0.1) is 7.11 Å². The second-order valence-corrected chi connectivity index (χ2v) is 6.32. The highest BCUT2D eigenvalue weighted by atomic mass is 16.5. The number of aliphatic imine (C=N–C) groups is 1. The number of rotatable bonds is 7. The van der Waals surface area contributed by atoms with Crippen LogP contribution in [0.25, 0.3) is 5.65 Å². The number of aryl methyl sites for hydroxylation is 2. The number of guanidine groups is 1. The Kier molecular flexibility index (Phi) is 6.25. The third-order valence-electron chi connectivity index (χ3n) is 4.37. The summed E-state index contributed by atoms with van der Waals surface area (Å²) < 4.78 is 7.48. The molecule has 0 spiro atoms. The van der Waals surface area contributed by atoms with Gasteiger partial charge in [0.2, 0.25) is 0 Å². The third-order valence-corrected chi connectivity index (χ3v) is 4.37. The van der Waals surface area contributed by atoms with Crippen molar-refractivity contribution in [3.63, 3.8) is 0 Å². The highest BCUT2D eigenvalue weighted by Gasteiger charge is 2.06. The SMILES string of the molecule is CN=C(NCCCc1nnc2ccccn12)NCc1ccc(C)cc1OC. The van der Waals surface area contributed by atoms with E-state index in [2.05, 4.69) is 44.9 Å². The van der Waals surface area contributed by atoms with Gasteiger partial charge in [0.15, 0.2) is 11.6 Å². The third kappa shape index (κ3) is 4.75. The maximum Gasteiger partial charge on any atom is 0.191 e. The minimum Gasteiger partial charge on any atom is -0.496 e. The number of aromatic nitrogens is 3. The predicted molar refractivity (Wildman–Crippen MR) is 107 cm³/mol. The zero-order valence-corrected chi connectivity index (χ0v) is 16.1. The zero-order chi connectivity index (χ0) is 19.1.